The van der Waals surface area contributed by atoms with Crippen molar-refractivity contribution < 1.29 is 18.3 Å². The summed E-state index contributed by atoms with van der Waals surface area (Å²) >= 11 is 0. The van der Waals surface area contributed by atoms with Crippen LogP contribution >= 0.6 is 0 Å². The average molecular weight is 319 g/mol. The van der Waals surface area contributed by atoms with Gasteiger partial charge in [-0.25, -0.2) is 0 Å². The number of piperazine rings is 1. The fourth-order valence-electron chi connectivity index (χ4n) is 2.86. The van der Waals surface area contributed by atoms with Crippen molar-refractivity contribution in [1.29, 1.82) is 0 Å². The van der Waals surface area contributed by atoms with Crippen molar-refractivity contribution in [2.75, 3.05) is 39.3 Å². The van der Waals surface area contributed by atoms with E-state index in [9.17, 15) is 13.2 Å². The molecule has 0 spiro atoms. The maximum Gasteiger partial charge on any atom is 0.320 e. The van der Waals surface area contributed by atoms with Crippen molar-refractivity contribution in [2.45, 2.75) is 32.7 Å². The fourth-order valence-corrected chi connectivity index (χ4v) is 4.48. The molecule has 0 radical (unpaired) electrons. The number of carboxylic acids is 1. The molecule has 2 rings (SSSR count). The molecule has 0 aromatic heterocycles. The molecule has 0 aliphatic carbocycles. The predicted molar refractivity (Wildman–Crippen MR) is 79.1 cm³/mol. The summed E-state index contributed by atoms with van der Waals surface area (Å²) < 4.78 is 28.2. The second kappa shape index (κ2) is 6.60. The Bertz CT molecular complexity index is 466. The molecule has 2 fully saturated rings. The Hall–Kier alpha value is -0.700. The first kappa shape index (κ1) is 16.7. The molecule has 0 bridgehead atoms. The van der Waals surface area contributed by atoms with Crippen molar-refractivity contribution in [2.24, 2.45) is 5.92 Å². The molecule has 2 aliphatic heterocycles. The van der Waals surface area contributed by atoms with E-state index >= 15 is 0 Å². The predicted octanol–water partition coefficient (Wildman–Crippen LogP) is 0.0538. The molecular formula is C13H25N3O4S. The Labute approximate surface area is 126 Å². The van der Waals surface area contributed by atoms with Crippen molar-refractivity contribution in [3.05, 3.63) is 0 Å². The van der Waals surface area contributed by atoms with Crippen LogP contribution in [0.3, 0.4) is 0 Å². The van der Waals surface area contributed by atoms with Gasteiger partial charge in [-0.05, 0) is 25.7 Å². The van der Waals surface area contributed by atoms with Gasteiger partial charge in [0.25, 0.3) is 10.2 Å². The molecule has 1 unspecified atom stereocenters. The van der Waals surface area contributed by atoms with Gasteiger partial charge in [-0.1, -0.05) is 6.92 Å². The molecule has 2 aliphatic rings. The molecule has 1 atom stereocenters. The molecule has 2 saturated heterocycles. The molecule has 0 saturated carbocycles. The van der Waals surface area contributed by atoms with Gasteiger partial charge in [0.15, 0.2) is 0 Å². The third kappa shape index (κ3) is 3.74. The smallest absolute Gasteiger partial charge is 0.320 e. The first-order valence-corrected chi connectivity index (χ1v) is 8.94. The second-order valence-corrected chi connectivity index (χ2v) is 7.97. The number of nitrogens with zero attached hydrogens (tertiary/aromatic N) is 3. The molecule has 8 heteroatoms. The van der Waals surface area contributed by atoms with Crippen LogP contribution in [0.25, 0.3) is 0 Å². The molecule has 122 valence electrons. The highest BCUT2D eigenvalue weighted by molar-refractivity contribution is 7.86. The van der Waals surface area contributed by atoms with Gasteiger partial charge in [-0.3, -0.25) is 9.69 Å². The monoisotopic (exact) mass is 319 g/mol. The van der Waals surface area contributed by atoms with E-state index in [1.165, 1.54) is 4.31 Å². The van der Waals surface area contributed by atoms with E-state index in [2.05, 4.69) is 6.92 Å². The minimum Gasteiger partial charge on any atom is -0.480 e. The third-order valence-electron chi connectivity index (χ3n) is 4.57. The van der Waals surface area contributed by atoms with E-state index in [1.54, 1.807) is 11.2 Å². The minimum absolute atomic E-state index is 0.367. The van der Waals surface area contributed by atoms with Crippen molar-refractivity contribution >= 4 is 16.2 Å². The number of hydrogen-bond donors (Lipinski definition) is 1. The van der Waals surface area contributed by atoms with Crippen LogP contribution in [-0.4, -0.2) is 78.3 Å². The summed E-state index contributed by atoms with van der Waals surface area (Å²) in [5, 5.41) is 9.01. The van der Waals surface area contributed by atoms with E-state index in [-0.39, 0.29) is 0 Å². The lowest BCUT2D eigenvalue weighted by molar-refractivity contribution is -0.143. The number of rotatable bonds is 4. The lowest BCUT2D eigenvalue weighted by Gasteiger charge is -2.39. The van der Waals surface area contributed by atoms with Crippen LogP contribution in [0.2, 0.25) is 0 Å². The van der Waals surface area contributed by atoms with E-state index < -0.39 is 22.2 Å². The molecule has 0 amide bonds. The zero-order valence-electron chi connectivity index (χ0n) is 12.7. The first-order chi connectivity index (χ1) is 9.82. The van der Waals surface area contributed by atoms with Gasteiger partial charge in [-0.2, -0.15) is 17.0 Å². The van der Waals surface area contributed by atoms with Crippen LogP contribution in [-0.2, 0) is 15.0 Å². The second-order valence-electron chi connectivity index (χ2n) is 6.04. The molecular weight excluding hydrogens is 294 g/mol. The summed E-state index contributed by atoms with van der Waals surface area (Å²) in [5.74, 6) is -0.277. The lowest BCUT2D eigenvalue weighted by Crippen LogP contribution is -2.56. The van der Waals surface area contributed by atoms with Crippen LogP contribution in [0.4, 0.5) is 0 Å². The molecule has 1 N–H and O–H groups in total. The highest BCUT2D eigenvalue weighted by Crippen LogP contribution is 2.21. The first-order valence-electron chi connectivity index (χ1n) is 7.54. The molecule has 2 heterocycles. The summed E-state index contributed by atoms with van der Waals surface area (Å²) in [6.07, 6.45) is 1.82. The number of carbonyl (C=O) groups is 1. The number of carboxylic acid groups (broad SMARTS) is 1. The Morgan fingerprint density at radius 3 is 2.00 bits per heavy atom. The molecule has 0 aromatic carbocycles. The van der Waals surface area contributed by atoms with Crippen LogP contribution in [0, 0.1) is 5.92 Å². The molecule has 7 nitrogen and oxygen atoms in total. The Morgan fingerprint density at radius 2 is 1.52 bits per heavy atom. The van der Waals surface area contributed by atoms with Gasteiger partial charge < -0.3 is 5.11 Å². The van der Waals surface area contributed by atoms with Gasteiger partial charge in [0, 0.05) is 39.3 Å². The van der Waals surface area contributed by atoms with Crippen molar-refractivity contribution in [3.63, 3.8) is 0 Å². The van der Waals surface area contributed by atoms with E-state index in [4.69, 9.17) is 5.11 Å². The number of hydrogen-bond acceptors (Lipinski definition) is 4. The van der Waals surface area contributed by atoms with Crippen LogP contribution in [0.5, 0.6) is 0 Å². The minimum atomic E-state index is -3.39. The summed E-state index contributed by atoms with van der Waals surface area (Å²) in [6, 6.07) is -0.564. The van der Waals surface area contributed by atoms with Gasteiger partial charge in [0.05, 0.1) is 0 Å². The van der Waals surface area contributed by atoms with Crippen molar-refractivity contribution in [1.82, 2.24) is 13.5 Å². The number of piperidine rings is 1. The zero-order chi connectivity index (χ0) is 15.6. The van der Waals surface area contributed by atoms with E-state index in [0.717, 1.165) is 12.8 Å². The Morgan fingerprint density at radius 1 is 1.05 bits per heavy atom. The summed E-state index contributed by atoms with van der Waals surface area (Å²) in [4.78, 5) is 12.8. The van der Waals surface area contributed by atoms with E-state index in [0.29, 0.717) is 45.2 Å². The summed E-state index contributed by atoms with van der Waals surface area (Å²) in [5.41, 5.74) is 0. The number of aliphatic carboxylic acids is 1. The summed E-state index contributed by atoms with van der Waals surface area (Å²) in [6.45, 7) is 6.64. The third-order valence-corrected chi connectivity index (χ3v) is 6.61. The Balaban J connectivity index is 1.93. The van der Waals surface area contributed by atoms with Crippen LogP contribution in [0.1, 0.15) is 26.7 Å². The van der Waals surface area contributed by atoms with Gasteiger partial charge in [-0.15, -0.1) is 0 Å². The van der Waals surface area contributed by atoms with Gasteiger partial charge in [0.1, 0.15) is 6.04 Å². The maximum absolute atomic E-state index is 12.6. The maximum atomic E-state index is 12.6. The standard InChI is InChI=1S/C13H25N3O4S/c1-11-3-5-15(6-4-11)21(19,20)16-9-7-14(8-10-16)12(2)13(17)18/h11-12H,3-10H2,1-2H3,(H,17,18). The highest BCUT2D eigenvalue weighted by Gasteiger charge is 2.35. The molecule has 21 heavy (non-hydrogen) atoms. The fraction of sp³-hybridized carbons (Fsp3) is 0.923. The summed E-state index contributed by atoms with van der Waals surface area (Å²) in [7, 11) is -3.39. The zero-order valence-corrected chi connectivity index (χ0v) is 13.5. The highest BCUT2D eigenvalue weighted by atomic mass is 32.2. The van der Waals surface area contributed by atoms with Crippen LogP contribution in [0.15, 0.2) is 0 Å². The quantitative estimate of drug-likeness (QED) is 0.792. The Kier molecular flexibility index (Phi) is 5.24. The lowest BCUT2D eigenvalue weighted by atomic mass is 10.0. The topological polar surface area (TPSA) is 81.2 Å². The largest absolute Gasteiger partial charge is 0.480 e. The van der Waals surface area contributed by atoms with E-state index in [1.807, 2.05) is 4.90 Å². The molecule has 0 aromatic rings. The normalized spacial score (nSPS) is 25.8. The van der Waals surface area contributed by atoms with Crippen LogP contribution < -0.4 is 0 Å². The SMILES string of the molecule is CC1CCN(S(=O)(=O)N2CCN(C(C)C(=O)O)CC2)CC1. The average Bonchev–Trinajstić information content (AvgIpc) is 2.47. The van der Waals surface area contributed by atoms with Gasteiger partial charge >= 0.3 is 5.97 Å². The van der Waals surface area contributed by atoms with Gasteiger partial charge in [0.2, 0.25) is 0 Å². The van der Waals surface area contributed by atoms with Crippen molar-refractivity contribution in [3.8, 4) is 0 Å².